The summed E-state index contributed by atoms with van der Waals surface area (Å²) in [5, 5.41) is 2.68. The van der Waals surface area contributed by atoms with Crippen molar-refractivity contribution in [1.82, 2.24) is 0 Å². The summed E-state index contributed by atoms with van der Waals surface area (Å²) < 4.78 is 2.49. The normalized spacial score (nSPS) is 19.5. The summed E-state index contributed by atoms with van der Waals surface area (Å²) in [7, 11) is 0. The highest BCUT2D eigenvalue weighted by molar-refractivity contribution is 6.07. The first kappa shape index (κ1) is 22.7. The van der Waals surface area contributed by atoms with Crippen molar-refractivity contribution in [2.45, 2.75) is 59.3 Å². The minimum atomic E-state index is -0.0586. The van der Waals surface area contributed by atoms with E-state index >= 15 is 0 Å². The predicted molar refractivity (Wildman–Crippen MR) is 147 cm³/mol. The summed E-state index contributed by atoms with van der Waals surface area (Å²) in [6.07, 6.45) is 6.98. The van der Waals surface area contributed by atoms with Gasteiger partial charge in [-0.1, -0.05) is 61.9 Å². The number of fused-ring (bicyclic) bond motifs is 4. The topological polar surface area (TPSA) is 6.25 Å². The van der Waals surface area contributed by atoms with E-state index in [1.165, 1.54) is 50.2 Å². The van der Waals surface area contributed by atoms with E-state index in [-0.39, 0.29) is 10.8 Å². The first-order valence-corrected chi connectivity index (χ1v) is 12.7. The molecule has 2 heterocycles. The molecule has 2 aliphatic heterocycles. The third-order valence-electron chi connectivity index (χ3n) is 7.94. The van der Waals surface area contributed by atoms with Crippen LogP contribution in [0.2, 0.25) is 0 Å². The van der Waals surface area contributed by atoms with E-state index in [1.54, 1.807) is 0 Å². The molecule has 0 bridgehead atoms. The molecule has 3 aromatic carbocycles. The molecular weight excluding hydrogens is 412 g/mol. The molecule has 0 radical (unpaired) electrons. The Morgan fingerprint density at radius 1 is 0.912 bits per heavy atom. The van der Waals surface area contributed by atoms with Crippen LogP contribution in [0.15, 0.2) is 78.5 Å². The minimum absolute atomic E-state index is 0.0127. The van der Waals surface area contributed by atoms with Gasteiger partial charge in [0.15, 0.2) is 5.71 Å². The highest BCUT2D eigenvalue weighted by atomic mass is 15.2. The summed E-state index contributed by atoms with van der Waals surface area (Å²) >= 11 is 0. The fourth-order valence-corrected chi connectivity index (χ4v) is 6.24. The highest BCUT2D eigenvalue weighted by Gasteiger charge is 2.45. The molecule has 0 saturated heterocycles. The summed E-state index contributed by atoms with van der Waals surface area (Å²) in [6, 6.07) is 20.2. The van der Waals surface area contributed by atoms with Gasteiger partial charge in [0, 0.05) is 41.1 Å². The molecule has 0 fully saturated rings. The second-order valence-electron chi connectivity index (χ2n) is 10.7. The third kappa shape index (κ3) is 3.19. The van der Waals surface area contributed by atoms with E-state index in [0.717, 1.165) is 13.1 Å². The molecule has 0 spiro atoms. The smallest absolute Gasteiger partial charge is 0.210 e. The Hall–Kier alpha value is -3.13. The molecule has 2 nitrogen and oxygen atoms in total. The molecule has 34 heavy (non-hydrogen) atoms. The van der Waals surface area contributed by atoms with Gasteiger partial charge in [0.05, 0.1) is 5.41 Å². The van der Waals surface area contributed by atoms with Crippen molar-refractivity contribution in [3.8, 4) is 0 Å². The second kappa shape index (κ2) is 7.98. The maximum atomic E-state index is 2.49. The van der Waals surface area contributed by atoms with Crippen LogP contribution < -0.4 is 4.90 Å². The molecule has 5 rings (SSSR count). The number of likely N-dealkylation sites (N-methyl/N-ethyl adjacent to an activating group) is 1. The number of rotatable bonds is 4. The molecule has 0 N–H and O–H groups in total. The summed E-state index contributed by atoms with van der Waals surface area (Å²) in [5.74, 6) is 0. The first-order valence-electron chi connectivity index (χ1n) is 12.7. The zero-order valence-electron chi connectivity index (χ0n) is 21.7. The number of benzene rings is 3. The first-order chi connectivity index (χ1) is 16.2. The third-order valence-corrected chi connectivity index (χ3v) is 7.94. The largest absolute Gasteiger partial charge is 0.344 e. The standard InChI is InChI=1S/C32H37N2/c1-8-33-26-19-17-22(3)21-25(26)31(4,5)28(33)15-12-16-29-32(6,7)30-24-14-11-10-13-23(24)18-20-27(30)34(29)9-2/h10-21H,8-9H2,1-7H3/q+1. The Morgan fingerprint density at radius 2 is 1.68 bits per heavy atom. The number of anilines is 1. The minimum Gasteiger partial charge on any atom is -0.344 e. The van der Waals surface area contributed by atoms with Crippen LogP contribution in [-0.2, 0) is 10.8 Å². The number of hydrogen-bond donors (Lipinski definition) is 0. The Morgan fingerprint density at radius 3 is 2.41 bits per heavy atom. The number of allylic oxidation sites excluding steroid dienone is 4. The van der Waals surface area contributed by atoms with Gasteiger partial charge in [-0.2, -0.15) is 4.58 Å². The van der Waals surface area contributed by atoms with Gasteiger partial charge in [0.25, 0.3) is 0 Å². The van der Waals surface area contributed by atoms with E-state index in [4.69, 9.17) is 0 Å². The van der Waals surface area contributed by atoms with Gasteiger partial charge in [-0.3, -0.25) is 0 Å². The fraction of sp³-hybridized carbons (Fsp3) is 0.344. The van der Waals surface area contributed by atoms with Crippen LogP contribution in [0.3, 0.4) is 0 Å². The molecule has 174 valence electrons. The molecule has 3 aromatic rings. The van der Waals surface area contributed by atoms with Gasteiger partial charge in [0.1, 0.15) is 6.54 Å². The van der Waals surface area contributed by atoms with E-state index in [9.17, 15) is 0 Å². The van der Waals surface area contributed by atoms with Crippen molar-refractivity contribution >= 4 is 27.9 Å². The summed E-state index contributed by atoms with van der Waals surface area (Å²) in [5.41, 5.74) is 9.55. The Bertz CT molecular complexity index is 1380. The monoisotopic (exact) mass is 449 g/mol. The molecular formula is C32H37N2+. The van der Waals surface area contributed by atoms with Gasteiger partial charge < -0.3 is 4.90 Å². The van der Waals surface area contributed by atoms with Crippen LogP contribution in [0.25, 0.3) is 10.8 Å². The average molecular weight is 450 g/mol. The zero-order chi connectivity index (χ0) is 24.3. The van der Waals surface area contributed by atoms with Crippen LogP contribution in [0.5, 0.6) is 0 Å². The summed E-state index contributed by atoms with van der Waals surface area (Å²) in [4.78, 5) is 2.48. The molecule has 0 amide bonds. The van der Waals surface area contributed by atoms with E-state index in [1.807, 2.05) is 0 Å². The highest BCUT2D eigenvalue weighted by Crippen LogP contribution is 2.48. The van der Waals surface area contributed by atoms with Crippen LogP contribution in [0, 0.1) is 6.92 Å². The number of hydrogen-bond acceptors (Lipinski definition) is 1. The molecule has 0 aromatic heterocycles. The van der Waals surface area contributed by atoms with Crippen molar-refractivity contribution in [1.29, 1.82) is 0 Å². The van der Waals surface area contributed by atoms with Crippen LogP contribution in [0.4, 0.5) is 11.4 Å². The quantitative estimate of drug-likeness (QED) is 0.368. The lowest BCUT2D eigenvalue weighted by atomic mass is 9.79. The second-order valence-corrected chi connectivity index (χ2v) is 10.7. The Balaban J connectivity index is 1.58. The van der Waals surface area contributed by atoms with Crippen molar-refractivity contribution in [3.05, 3.63) is 95.2 Å². The lowest BCUT2D eigenvalue weighted by Gasteiger charge is -2.25. The molecule has 0 atom stereocenters. The van der Waals surface area contributed by atoms with Crippen molar-refractivity contribution in [2.75, 3.05) is 18.0 Å². The molecule has 0 saturated carbocycles. The van der Waals surface area contributed by atoms with Crippen molar-refractivity contribution in [2.24, 2.45) is 0 Å². The Labute approximate surface area is 204 Å². The van der Waals surface area contributed by atoms with Gasteiger partial charge in [-0.25, -0.2) is 0 Å². The van der Waals surface area contributed by atoms with Gasteiger partial charge in [-0.15, -0.1) is 0 Å². The zero-order valence-corrected chi connectivity index (χ0v) is 21.7. The van der Waals surface area contributed by atoms with Crippen LogP contribution >= 0.6 is 0 Å². The van der Waals surface area contributed by atoms with Crippen LogP contribution in [0.1, 0.15) is 58.2 Å². The lowest BCUT2D eigenvalue weighted by molar-refractivity contribution is -0.433. The number of nitrogens with zero attached hydrogens (tertiary/aromatic N) is 2. The molecule has 0 aliphatic carbocycles. The maximum absolute atomic E-state index is 2.49. The molecule has 2 heteroatoms. The van der Waals surface area contributed by atoms with E-state index in [0.29, 0.717) is 0 Å². The van der Waals surface area contributed by atoms with Gasteiger partial charge in [0.2, 0.25) is 5.69 Å². The Kier molecular flexibility index (Phi) is 5.31. The van der Waals surface area contributed by atoms with E-state index < -0.39 is 0 Å². The molecule has 0 unspecified atom stereocenters. The maximum Gasteiger partial charge on any atom is 0.210 e. The summed E-state index contributed by atoms with van der Waals surface area (Å²) in [6.45, 7) is 18.1. The van der Waals surface area contributed by atoms with Gasteiger partial charge >= 0.3 is 0 Å². The van der Waals surface area contributed by atoms with E-state index in [2.05, 4.69) is 131 Å². The SMILES string of the molecule is CCN1C(=CC=CC2=[N+](CC)c3ccc4ccccc4c3C2(C)C)C(C)(C)c2cc(C)ccc21. The molecule has 2 aliphatic rings. The van der Waals surface area contributed by atoms with Crippen LogP contribution in [-0.4, -0.2) is 23.4 Å². The van der Waals surface area contributed by atoms with Crippen molar-refractivity contribution < 1.29 is 4.58 Å². The lowest BCUT2D eigenvalue weighted by Crippen LogP contribution is -2.28. The van der Waals surface area contributed by atoms with Crippen molar-refractivity contribution in [3.63, 3.8) is 0 Å². The number of aryl methyl sites for hydroxylation is 1. The average Bonchev–Trinajstić information content (AvgIpc) is 3.17. The van der Waals surface area contributed by atoms with Gasteiger partial charge in [-0.05, 0) is 69.2 Å². The predicted octanol–water partition coefficient (Wildman–Crippen LogP) is 7.80. The fourth-order valence-electron chi connectivity index (χ4n) is 6.24.